The van der Waals surface area contributed by atoms with Crippen LogP contribution in [0, 0.1) is 11.3 Å². The molecular weight excluding hydrogens is 262 g/mol. The lowest BCUT2D eigenvalue weighted by molar-refractivity contribution is 0.101. The third-order valence-electron chi connectivity index (χ3n) is 3.05. The van der Waals surface area contributed by atoms with Crippen molar-refractivity contribution in [2.45, 2.75) is 13.3 Å². The second kappa shape index (κ2) is 8.08. The van der Waals surface area contributed by atoms with Crippen LogP contribution in [0.25, 0.3) is 11.1 Å². The molecule has 2 aromatic rings. The molecule has 108 valence electrons. The van der Waals surface area contributed by atoms with E-state index < -0.39 is 0 Å². The van der Waals surface area contributed by atoms with Crippen molar-refractivity contribution >= 4 is 0 Å². The molecular formula is C18H19NO2. The Morgan fingerprint density at radius 3 is 2.05 bits per heavy atom. The fourth-order valence-corrected chi connectivity index (χ4v) is 1.95. The van der Waals surface area contributed by atoms with Crippen molar-refractivity contribution < 1.29 is 9.47 Å². The van der Waals surface area contributed by atoms with Gasteiger partial charge in [0.15, 0.2) is 0 Å². The van der Waals surface area contributed by atoms with E-state index in [0.29, 0.717) is 18.8 Å². The fraction of sp³-hybridized carbons (Fsp3) is 0.278. The van der Waals surface area contributed by atoms with E-state index in [4.69, 9.17) is 14.7 Å². The van der Waals surface area contributed by atoms with E-state index in [-0.39, 0.29) is 0 Å². The minimum absolute atomic E-state index is 0.566. The molecule has 0 aliphatic heterocycles. The maximum atomic E-state index is 8.80. The molecule has 0 heterocycles. The summed E-state index contributed by atoms with van der Waals surface area (Å²) < 4.78 is 11.0. The van der Waals surface area contributed by atoms with Gasteiger partial charge in [-0.3, -0.25) is 0 Å². The van der Waals surface area contributed by atoms with Gasteiger partial charge in [-0.2, -0.15) is 5.26 Å². The molecule has 2 aromatic carbocycles. The van der Waals surface area contributed by atoms with Crippen LogP contribution in [0.1, 0.15) is 18.9 Å². The quantitative estimate of drug-likeness (QED) is 0.719. The first-order chi connectivity index (χ1) is 10.3. The fourth-order valence-electron chi connectivity index (χ4n) is 1.95. The Morgan fingerprint density at radius 1 is 0.857 bits per heavy atom. The number of ether oxygens (including phenoxy) is 2. The highest BCUT2D eigenvalue weighted by atomic mass is 16.5. The molecule has 0 saturated heterocycles. The van der Waals surface area contributed by atoms with E-state index in [1.807, 2.05) is 48.5 Å². The Hall–Kier alpha value is -2.31. The van der Waals surface area contributed by atoms with Gasteiger partial charge in [-0.15, -0.1) is 0 Å². The minimum atomic E-state index is 0.566. The van der Waals surface area contributed by atoms with Crippen molar-refractivity contribution in [3.05, 3.63) is 54.1 Å². The first-order valence-corrected chi connectivity index (χ1v) is 7.14. The predicted octanol–water partition coefficient (Wildman–Crippen LogP) is 4.03. The molecule has 21 heavy (non-hydrogen) atoms. The normalized spacial score (nSPS) is 10.1. The summed E-state index contributed by atoms with van der Waals surface area (Å²) in [6.45, 7) is 4.05. The maximum absolute atomic E-state index is 8.80. The number of hydrogen-bond acceptors (Lipinski definition) is 3. The zero-order valence-electron chi connectivity index (χ0n) is 12.2. The van der Waals surface area contributed by atoms with Crippen LogP contribution in [0.4, 0.5) is 0 Å². The summed E-state index contributed by atoms with van der Waals surface area (Å²) in [6.07, 6.45) is 1.03. The van der Waals surface area contributed by atoms with Crippen LogP contribution in [0.5, 0.6) is 5.75 Å². The van der Waals surface area contributed by atoms with Gasteiger partial charge in [0.25, 0.3) is 0 Å². The number of hydrogen-bond donors (Lipinski definition) is 0. The van der Waals surface area contributed by atoms with Gasteiger partial charge in [-0.1, -0.05) is 31.2 Å². The van der Waals surface area contributed by atoms with E-state index >= 15 is 0 Å². The third-order valence-corrected chi connectivity index (χ3v) is 3.05. The lowest BCUT2D eigenvalue weighted by Gasteiger charge is -2.08. The number of benzene rings is 2. The van der Waals surface area contributed by atoms with Crippen LogP contribution < -0.4 is 4.74 Å². The molecule has 0 fully saturated rings. The van der Waals surface area contributed by atoms with E-state index in [2.05, 4.69) is 13.0 Å². The van der Waals surface area contributed by atoms with Crippen LogP contribution in [-0.4, -0.2) is 19.8 Å². The molecule has 3 heteroatoms. The first kappa shape index (κ1) is 15.1. The first-order valence-electron chi connectivity index (χ1n) is 7.14. The Labute approximate surface area is 125 Å². The number of nitriles is 1. The van der Waals surface area contributed by atoms with Crippen molar-refractivity contribution in [3.8, 4) is 22.9 Å². The van der Waals surface area contributed by atoms with Crippen molar-refractivity contribution in [2.75, 3.05) is 19.8 Å². The largest absolute Gasteiger partial charge is 0.491 e. The highest BCUT2D eigenvalue weighted by Gasteiger charge is 1.99. The maximum Gasteiger partial charge on any atom is 0.119 e. The molecule has 0 aliphatic rings. The summed E-state index contributed by atoms with van der Waals surface area (Å²) in [6, 6.07) is 17.6. The van der Waals surface area contributed by atoms with E-state index in [9.17, 15) is 0 Å². The third kappa shape index (κ3) is 4.62. The topological polar surface area (TPSA) is 42.2 Å². The molecule has 2 rings (SSSR count). The highest BCUT2D eigenvalue weighted by Crippen LogP contribution is 2.22. The molecule has 0 unspecified atom stereocenters. The van der Waals surface area contributed by atoms with Gasteiger partial charge in [0.2, 0.25) is 0 Å². The number of nitrogens with zero attached hydrogens (tertiary/aromatic N) is 1. The lowest BCUT2D eigenvalue weighted by atomic mass is 10.0. The molecule has 0 radical (unpaired) electrons. The van der Waals surface area contributed by atoms with Gasteiger partial charge in [-0.25, -0.2) is 0 Å². The Kier molecular flexibility index (Phi) is 5.81. The van der Waals surface area contributed by atoms with Gasteiger partial charge >= 0.3 is 0 Å². The second-order valence-electron chi connectivity index (χ2n) is 4.67. The summed E-state index contributed by atoms with van der Waals surface area (Å²) in [5, 5.41) is 8.80. The smallest absolute Gasteiger partial charge is 0.119 e. The molecule has 0 atom stereocenters. The number of rotatable bonds is 7. The van der Waals surface area contributed by atoms with Crippen molar-refractivity contribution in [1.29, 1.82) is 5.26 Å². The van der Waals surface area contributed by atoms with E-state index in [1.54, 1.807) is 0 Å². The molecule has 0 bridgehead atoms. The van der Waals surface area contributed by atoms with Gasteiger partial charge < -0.3 is 9.47 Å². The van der Waals surface area contributed by atoms with E-state index in [0.717, 1.165) is 29.9 Å². The average molecular weight is 281 g/mol. The monoisotopic (exact) mass is 281 g/mol. The van der Waals surface area contributed by atoms with Gasteiger partial charge in [0, 0.05) is 6.61 Å². The molecule has 0 amide bonds. The zero-order chi connectivity index (χ0) is 14.9. The summed E-state index contributed by atoms with van der Waals surface area (Å²) in [4.78, 5) is 0. The van der Waals surface area contributed by atoms with Crippen LogP contribution in [0.2, 0.25) is 0 Å². The van der Waals surface area contributed by atoms with Crippen molar-refractivity contribution in [3.63, 3.8) is 0 Å². The van der Waals surface area contributed by atoms with Crippen molar-refractivity contribution in [1.82, 2.24) is 0 Å². The SMILES string of the molecule is CCCOCCOc1ccc(-c2ccc(C#N)cc2)cc1. The molecule has 3 nitrogen and oxygen atoms in total. The van der Waals surface area contributed by atoms with Crippen LogP contribution in [-0.2, 0) is 4.74 Å². The summed E-state index contributed by atoms with van der Waals surface area (Å²) in [5.41, 5.74) is 2.87. The molecule has 0 saturated carbocycles. The lowest BCUT2D eigenvalue weighted by Crippen LogP contribution is -2.06. The second-order valence-corrected chi connectivity index (χ2v) is 4.67. The molecule has 0 spiro atoms. The molecule has 0 N–H and O–H groups in total. The van der Waals surface area contributed by atoms with E-state index in [1.165, 1.54) is 0 Å². The van der Waals surface area contributed by atoms with Crippen LogP contribution >= 0.6 is 0 Å². The zero-order valence-corrected chi connectivity index (χ0v) is 12.2. The predicted molar refractivity (Wildman–Crippen MR) is 83.2 cm³/mol. The van der Waals surface area contributed by atoms with Gasteiger partial charge in [-0.05, 0) is 41.8 Å². The summed E-state index contributed by atoms with van der Waals surface area (Å²) in [7, 11) is 0. The van der Waals surface area contributed by atoms with Gasteiger partial charge in [0.05, 0.1) is 18.2 Å². The Bertz CT molecular complexity index is 582. The molecule has 0 aliphatic carbocycles. The summed E-state index contributed by atoms with van der Waals surface area (Å²) >= 11 is 0. The minimum Gasteiger partial charge on any atom is -0.491 e. The standard InChI is InChI=1S/C18H19NO2/c1-2-11-20-12-13-21-18-9-7-17(8-10-18)16-5-3-15(14-19)4-6-16/h3-10H,2,11-13H2,1H3. The summed E-state index contributed by atoms with van der Waals surface area (Å²) in [5.74, 6) is 0.840. The Balaban J connectivity index is 1.90. The molecule has 0 aromatic heterocycles. The Morgan fingerprint density at radius 2 is 1.48 bits per heavy atom. The van der Waals surface area contributed by atoms with Gasteiger partial charge in [0.1, 0.15) is 12.4 Å². The average Bonchev–Trinajstić information content (AvgIpc) is 2.55. The van der Waals surface area contributed by atoms with Crippen molar-refractivity contribution in [2.24, 2.45) is 0 Å². The highest BCUT2D eigenvalue weighted by molar-refractivity contribution is 5.64. The van der Waals surface area contributed by atoms with Crippen LogP contribution in [0.3, 0.4) is 0 Å². The van der Waals surface area contributed by atoms with Crippen LogP contribution in [0.15, 0.2) is 48.5 Å².